The van der Waals surface area contributed by atoms with Crippen LogP contribution in [0.25, 0.3) is 0 Å². The minimum Gasteiger partial charge on any atom is -0.363 e. The van der Waals surface area contributed by atoms with Gasteiger partial charge in [-0.2, -0.15) is 0 Å². The highest BCUT2D eigenvalue weighted by molar-refractivity contribution is 5.88. The van der Waals surface area contributed by atoms with Gasteiger partial charge in [0, 0.05) is 26.7 Å². The normalized spacial score (nSPS) is 25.6. The molecule has 1 atom stereocenters. The first kappa shape index (κ1) is 14.3. The van der Waals surface area contributed by atoms with Crippen LogP contribution in [-0.2, 0) is 14.3 Å². The second kappa shape index (κ2) is 5.88. The Morgan fingerprint density at radius 3 is 2.74 bits per heavy atom. The van der Waals surface area contributed by atoms with Crippen molar-refractivity contribution < 1.29 is 14.3 Å². The fourth-order valence-corrected chi connectivity index (χ4v) is 2.57. The lowest BCUT2D eigenvalue weighted by molar-refractivity contribution is -0.153. The van der Waals surface area contributed by atoms with Crippen LogP contribution in [0.3, 0.4) is 0 Å². The van der Waals surface area contributed by atoms with Crippen LogP contribution in [0.2, 0.25) is 0 Å². The molecule has 2 aliphatic rings. The molecular formula is C13H23N3O3. The number of nitrogens with one attached hydrogen (secondary N) is 2. The summed E-state index contributed by atoms with van der Waals surface area (Å²) in [6.07, 6.45) is 2.69. The Labute approximate surface area is 113 Å². The van der Waals surface area contributed by atoms with E-state index in [1.165, 1.54) is 0 Å². The molecule has 2 amide bonds. The Morgan fingerprint density at radius 1 is 1.42 bits per heavy atom. The Kier molecular flexibility index (Phi) is 4.42. The van der Waals surface area contributed by atoms with Gasteiger partial charge in [0.05, 0.1) is 5.60 Å². The molecule has 0 spiro atoms. The Morgan fingerprint density at radius 2 is 2.16 bits per heavy atom. The molecule has 19 heavy (non-hydrogen) atoms. The predicted molar refractivity (Wildman–Crippen MR) is 70.6 cm³/mol. The van der Waals surface area contributed by atoms with Gasteiger partial charge in [-0.15, -0.1) is 0 Å². The summed E-state index contributed by atoms with van der Waals surface area (Å²) in [6, 6.07) is -0.331. The van der Waals surface area contributed by atoms with E-state index < -0.39 is 0 Å². The van der Waals surface area contributed by atoms with Crippen molar-refractivity contribution in [3.05, 3.63) is 0 Å². The number of hydrogen-bond acceptors (Lipinski definition) is 4. The molecule has 0 aromatic heterocycles. The SMILES string of the molecule is CNC(=O)C1CCCCN1C(=O)COC1(C)CNC1. The summed E-state index contributed by atoms with van der Waals surface area (Å²) in [7, 11) is 1.61. The van der Waals surface area contributed by atoms with Gasteiger partial charge in [-0.1, -0.05) is 0 Å². The molecule has 108 valence electrons. The van der Waals surface area contributed by atoms with Crippen LogP contribution >= 0.6 is 0 Å². The van der Waals surface area contributed by atoms with Crippen molar-refractivity contribution in [1.82, 2.24) is 15.5 Å². The van der Waals surface area contributed by atoms with Gasteiger partial charge < -0.3 is 20.3 Å². The number of likely N-dealkylation sites (tertiary alicyclic amines) is 1. The van der Waals surface area contributed by atoms with E-state index in [0.29, 0.717) is 6.54 Å². The second-order valence-electron chi connectivity index (χ2n) is 5.56. The number of amides is 2. The second-order valence-corrected chi connectivity index (χ2v) is 5.56. The zero-order valence-electron chi connectivity index (χ0n) is 11.7. The highest BCUT2D eigenvalue weighted by Crippen LogP contribution is 2.19. The van der Waals surface area contributed by atoms with Crippen molar-refractivity contribution in [2.45, 2.75) is 37.8 Å². The van der Waals surface area contributed by atoms with E-state index in [0.717, 1.165) is 32.4 Å². The highest BCUT2D eigenvalue weighted by atomic mass is 16.5. The van der Waals surface area contributed by atoms with E-state index in [9.17, 15) is 9.59 Å². The number of rotatable bonds is 4. The molecule has 0 aliphatic carbocycles. The van der Waals surface area contributed by atoms with Crippen molar-refractivity contribution in [1.29, 1.82) is 0 Å². The Bertz CT molecular complexity index is 355. The number of ether oxygens (including phenoxy) is 1. The van der Waals surface area contributed by atoms with E-state index in [2.05, 4.69) is 10.6 Å². The topological polar surface area (TPSA) is 70.7 Å². The summed E-state index contributed by atoms with van der Waals surface area (Å²) < 4.78 is 5.66. The molecule has 2 aliphatic heterocycles. The first-order valence-corrected chi connectivity index (χ1v) is 6.91. The molecule has 0 bridgehead atoms. The lowest BCUT2D eigenvalue weighted by Crippen LogP contribution is -2.60. The number of nitrogens with zero attached hydrogens (tertiary/aromatic N) is 1. The van der Waals surface area contributed by atoms with Gasteiger partial charge in [0.25, 0.3) is 0 Å². The third-order valence-electron chi connectivity index (χ3n) is 3.91. The summed E-state index contributed by atoms with van der Waals surface area (Å²) in [5, 5.41) is 5.76. The maximum Gasteiger partial charge on any atom is 0.249 e. The first-order chi connectivity index (χ1) is 9.06. The molecule has 2 saturated heterocycles. The molecule has 0 saturated carbocycles. The van der Waals surface area contributed by atoms with Crippen molar-refractivity contribution in [2.75, 3.05) is 33.3 Å². The fourth-order valence-electron chi connectivity index (χ4n) is 2.57. The monoisotopic (exact) mass is 269 g/mol. The van der Waals surface area contributed by atoms with E-state index in [-0.39, 0.29) is 30.1 Å². The smallest absolute Gasteiger partial charge is 0.249 e. The minimum absolute atomic E-state index is 0.0612. The molecule has 2 N–H and O–H groups in total. The standard InChI is InChI=1S/C13H23N3O3/c1-13(8-15-9-13)19-7-11(17)16-6-4-3-5-10(16)12(18)14-2/h10,15H,3-9H2,1-2H3,(H,14,18). The fraction of sp³-hybridized carbons (Fsp3) is 0.846. The third-order valence-corrected chi connectivity index (χ3v) is 3.91. The summed E-state index contributed by atoms with van der Waals surface area (Å²) in [6.45, 7) is 4.25. The van der Waals surface area contributed by atoms with Crippen molar-refractivity contribution in [2.24, 2.45) is 0 Å². The van der Waals surface area contributed by atoms with Gasteiger partial charge >= 0.3 is 0 Å². The zero-order valence-corrected chi connectivity index (χ0v) is 11.7. The van der Waals surface area contributed by atoms with Crippen LogP contribution in [0.4, 0.5) is 0 Å². The van der Waals surface area contributed by atoms with Gasteiger partial charge in [-0.05, 0) is 26.2 Å². The quantitative estimate of drug-likeness (QED) is 0.721. The van der Waals surface area contributed by atoms with E-state index in [1.807, 2.05) is 6.92 Å². The van der Waals surface area contributed by atoms with Crippen molar-refractivity contribution in [3.8, 4) is 0 Å². The molecule has 2 fully saturated rings. The number of carbonyl (C=O) groups is 2. The first-order valence-electron chi connectivity index (χ1n) is 6.91. The van der Waals surface area contributed by atoms with Crippen LogP contribution in [0.15, 0.2) is 0 Å². The van der Waals surface area contributed by atoms with Crippen molar-refractivity contribution >= 4 is 11.8 Å². The van der Waals surface area contributed by atoms with Crippen LogP contribution in [0.5, 0.6) is 0 Å². The maximum absolute atomic E-state index is 12.2. The molecule has 2 rings (SSSR count). The lowest BCUT2D eigenvalue weighted by Gasteiger charge is -2.40. The molecule has 2 heterocycles. The van der Waals surface area contributed by atoms with Gasteiger partial charge in [0.1, 0.15) is 12.6 Å². The van der Waals surface area contributed by atoms with Crippen LogP contribution in [-0.4, -0.2) is 61.6 Å². The van der Waals surface area contributed by atoms with Crippen molar-refractivity contribution in [3.63, 3.8) is 0 Å². The number of hydrogen-bond donors (Lipinski definition) is 2. The Hall–Kier alpha value is -1.14. The van der Waals surface area contributed by atoms with Gasteiger partial charge in [-0.3, -0.25) is 9.59 Å². The maximum atomic E-state index is 12.2. The molecule has 0 aromatic rings. The van der Waals surface area contributed by atoms with Gasteiger partial charge in [0.2, 0.25) is 11.8 Å². The molecule has 0 radical (unpaired) electrons. The minimum atomic E-state index is -0.331. The lowest BCUT2D eigenvalue weighted by atomic mass is 10.00. The molecule has 1 unspecified atom stereocenters. The van der Waals surface area contributed by atoms with Crippen LogP contribution in [0, 0.1) is 0 Å². The Balaban J connectivity index is 1.89. The largest absolute Gasteiger partial charge is 0.363 e. The number of carbonyl (C=O) groups excluding carboxylic acids is 2. The highest BCUT2D eigenvalue weighted by Gasteiger charge is 2.36. The van der Waals surface area contributed by atoms with Crippen LogP contribution in [0.1, 0.15) is 26.2 Å². The summed E-state index contributed by atoms with van der Waals surface area (Å²) in [5.41, 5.74) is -0.228. The predicted octanol–water partition coefficient (Wildman–Crippen LogP) is -0.508. The third kappa shape index (κ3) is 3.25. The molecule has 6 heteroatoms. The molecule has 0 aromatic carbocycles. The summed E-state index contributed by atoms with van der Waals surface area (Å²) >= 11 is 0. The van der Waals surface area contributed by atoms with E-state index in [1.54, 1.807) is 11.9 Å². The average molecular weight is 269 g/mol. The average Bonchev–Trinajstić information content (AvgIpc) is 2.41. The molecule has 6 nitrogen and oxygen atoms in total. The summed E-state index contributed by atoms with van der Waals surface area (Å²) in [5.74, 6) is -0.161. The number of likely N-dealkylation sites (N-methyl/N-ethyl adjacent to an activating group) is 1. The summed E-state index contributed by atoms with van der Waals surface area (Å²) in [4.78, 5) is 25.7. The van der Waals surface area contributed by atoms with E-state index >= 15 is 0 Å². The van der Waals surface area contributed by atoms with E-state index in [4.69, 9.17) is 4.74 Å². The number of piperidine rings is 1. The van der Waals surface area contributed by atoms with Gasteiger partial charge in [-0.25, -0.2) is 0 Å². The van der Waals surface area contributed by atoms with Gasteiger partial charge in [0.15, 0.2) is 0 Å². The van der Waals surface area contributed by atoms with Crippen LogP contribution < -0.4 is 10.6 Å². The zero-order chi connectivity index (χ0) is 13.9. The molecular weight excluding hydrogens is 246 g/mol.